The van der Waals surface area contributed by atoms with Crippen molar-refractivity contribution in [3.8, 4) is 22.3 Å². The fraction of sp³-hybridized carbons (Fsp3) is 0.268. The molecule has 7 bridgehead atoms. The molecule has 0 aliphatic heterocycles. The van der Waals surface area contributed by atoms with Gasteiger partial charge in [0.1, 0.15) is 44.7 Å². The summed E-state index contributed by atoms with van der Waals surface area (Å²) in [7, 11) is 0. The lowest BCUT2D eigenvalue weighted by Gasteiger charge is -2.48. The van der Waals surface area contributed by atoms with Crippen LogP contribution >= 0.6 is 0 Å². The topological polar surface area (TPSA) is 82.8 Å². The van der Waals surface area contributed by atoms with E-state index >= 15 is 0 Å². The highest BCUT2D eigenvalue weighted by Crippen LogP contribution is 2.76. The van der Waals surface area contributed by atoms with E-state index in [4.69, 9.17) is 27.6 Å². The SMILES string of the molecule is c1ccc2c(c1)oc1cc3oc4ccccc4c3c(-c3cc(-c4c5c(cc6oc7ccccc7c46)oc4ccccc45)c4c5c6c(ncc5n5c7cnc8c(c7c3c45)C3CC4CC(CC8C4)C3)C3CC4CC5CC6CC45C3)c12. The molecule has 1 spiro atoms. The summed E-state index contributed by atoms with van der Waals surface area (Å²) >= 11 is 0. The van der Waals surface area contributed by atoms with Gasteiger partial charge in [-0.2, -0.15) is 0 Å². The van der Waals surface area contributed by atoms with Gasteiger partial charge in [0.2, 0.25) is 0 Å². The molecule has 8 heterocycles. The Balaban J connectivity index is 1.04. The van der Waals surface area contributed by atoms with Crippen LogP contribution in [-0.4, -0.2) is 14.4 Å². The second-order valence-electron chi connectivity index (χ2n) is 25.9. The van der Waals surface area contributed by atoms with E-state index in [0.717, 1.165) is 123 Å². The van der Waals surface area contributed by atoms with Crippen molar-refractivity contribution < 1.29 is 17.7 Å². The van der Waals surface area contributed by atoms with Crippen molar-refractivity contribution in [3.63, 3.8) is 0 Å². The van der Waals surface area contributed by atoms with Crippen LogP contribution in [0.15, 0.2) is 145 Å². The predicted octanol–water partition coefficient (Wildman–Crippen LogP) is 19.3. The van der Waals surface area contributed by atoms with Crippen LogP contribution in [0.25, 0.3) is 148 Å². The fourth-order valence-corrected chi connectivity index (χ4v) is 20.2. The summed E-state index contributed by atoms with van der Waals surface area (Å²) < 4.78 is 30.8. The zero-order valence-corrected chi connectivity index (χ0v) is 42.8. The quantitative estimate of drug-likeness (QED) is 0.172. The first-order valence-corrected chi connectivity index (χ1v) is 29.2. The Bertz CT molecular complexity index is 5140. The van der Waals surface area contributed by atoms with E-state index in [9.17, 15) is 0 Å². The second-order valence-corrected chi connectivity index (χ2v) is 25.9. The molecular weight excluding hydrogens is 959 g/mol. The number of furan rings is 4. The molecule has 5 fully saturated rings. The van der Waals surface area contributed by atoms with Crippen molar-refractivity contribution in [2.24, 2.45) is 29.1 Å². The normalized spacial score (nSPS) is 26.8. The molecule has 0 saturated heterocycles. The van der Waals surface area contributed by atoms with E-state index < -0.39 is 0 Å². The molecule has 8 aliphatic rings. The van der Waals surface area contributed by atoms with E-state index in [1.165, 1.54) is 136 Å². The molecule has 7 atom stereocenters. The van der Waals surface area contributed by atoms with Crippen molar-refractivity contribution in [3.05, 3.63) is 150 Å². The molecule has 7 nitrogen and oxygen atoms in total. The molecule has 0 radical (unpaired) electrons. The summed E-state index contributed by atoms with van der Waals surface area (Å²) in [5.74, 6) is 5.04. The van der Waals surface area contributed by atoms with Crippen LogP contribution in [0.1, 0.15) is 110 Å². The minimum absolute atomic E-state index is 0.451. The van der Waals surface area contributed by atoms with E-state index in [2.05, 4.69) is 132 Å². The van der Waals surface area contributed by atoms with Crippen LogP contribution in [0.3, 0.4) is 0 Å². The van der Waals surface area contributed by atoms with Crippen molar-refractivity contribution in [1.29, 1.82) is 0 Å². The van der Waals surface area contributed by atoms with Gasteiger partial charge in [-0.05, 0) is 158 Å². The maximum atomic E-state index is 7.03. The molecule has 5 saturated carbocycles. The van der Waals surface area contributed by atoms with Gasteiger partial charge in [-0.25, -0.2) is 0 Å². The summed E-state index contributed by atoms with van der Waals surface area (Å²) in [5.41, 5.74) is 21.6. The van der Waals surface area contributed by atoms with E-state index in [-0.39, 0.29) is 0 Å². The van der Waals surface area contributed by atoms with Gasteiger partial charge >= 0.3 is 0 Å². The zero-order valence-electron chi connectivity index (χ0n) is 42.8. The standard InChI is InChI=1S/C71H49N3O4/c1-5-13-48-40(9-1)58-52(75-48)26-53-59(41-10-2-6-14-49(41)76-53)62(58)44-25-45(63-60-42-11-3-7-15-50(42)77-54(60)27-55-61(63)43-12-4-8-16-51(43)78-55)65-67-47(31-73-69-37-23-39-24-38-22-36(57(67)69)28-71(38,39)29-37)74-46-30-72-68-35-20-32-17-33(21-35)19-34(18-32)56(68)66(46)64(44)70(65)74/h1-16,25-27,30-39H,17-24,28-29H2. The van der Waals surface area contributed by atoms with Crippen LogP contribution in [0.4, 0.5) is 0 Å². The van der Waals surface area contributed by atoms with Crippen molar-refractivity contribution in [2.45, 2.75) is 87.9 Å². The first kappa shape index (κ1) is 40.1. The Morgan fingerprint density at radius 2 is 0.808 bits per heavy atom. The second kappa shape index (κ2) is 13.2. The molecule has 23 rings (SSSR count). The number of rotatable bonds is 2. The third kappa shape index (κ3) is 4.49. The lowest BCUT2D eigenvalue weighted by molar-refractivity contribution is 0.00321. The van der Waals surface area contributed by atoms with Crippen LogP contribution in [0, 0.1) is 29.1 Å². The monoisotopic (exact) mass is 1010 g/mol. The number of fused-ring (bicyclic) bond motifs is 24. The molecule has 7 heteroatoms. The van der Waals surface area contributed by atoms with Gasteiger partial charge < -0.3 is 22.1 Å². The number of aromatic nitrogens is 3. The third-order valence-electron chi connectivity index (χ3n) is 22.6. The number of hydrogen-bond acceptors (Lipinski definition) is 6. The molecule has 8 aliphatic carbocycles. The number of para-hydroxylation sites is 4. The number of pyridine rings is 2. The molecule has 78 heavy (non-hydrogen) atoms. The molecule has 0 amide bonds. The largest absolute Gasteiger partial charge is 0.456 e. The van der Waals surface area contributed by atoms with Crippen LogP contribution in [0.5, 0.6) is 0 Å². The van der Waals surface area contributed by atoms with E-state index in [1.807, 2.05) is 0 Å². The highest BCUT2D eigenvalue weighted by atomic mass is 16.3. The summed E-state index contributed by atoms with van der Waals surface area (Å²) in [6.07, 6.45) is 17.5. The van der Waals surface area contributed by atoms with Crippen molar-refractivity contribution in [1.82, 2.24) is 14.4 Å². The highest BCUT2D eigenvalue weighted by Gasteiger charge is 2.66. The molecule has 7 aromatic carbocycles. The van der Waals surface area contributed by atoms with Gasteiger partial charge in [0.05, 0.1) is 28.9 Å². The summed E-state index contributed by atoms with van der Waals surface area (Å²) in [6.45, 7) is 0. The summed E-state index contributed by atoms with van der Waals surface area (Å²) in [6, 6.07) is 41.7. The van der Waals surface area contributed by atoms with E-state index in [1.54, 1.807) is 0 Å². The average Bonchev–Trinajstić information content (AvgIpc) is 2.92. The van der Waals surface area contributed by atoms with Gasteiger partial charge in [-0.1, -0.05) is 72.8 Å². The minimum atomic E-state index is 0.451. The Kier molecular flexibility index (Phi) is 6.79. The highest BCUT2D eigenvalue weighted by molar-refractivity contribution is 6.38. The van der Waals surface area contributed by atoms with Crippen LogP contribution in [0.2, 0.25) is 0 Å². The maximum absolute atomic E-state index is 7.03. The van der Waals surface area contributed by atoms with Crippen LogP contribution < -0.4 is 0 Å². The Labute approximate surface area is 445 Å². The first-order valence-electron chi connectivity index (χ1n) is 29.2. The molecule has 15 aromatic rings. The van der Waals surface area contributed by atoms with E-state index in [0.29, 0.717) is 29.1 Å². The molecule has 7 unspecified atom stereocenters. The van der Waals surface area contributed by atoms with Gasteiger partial charge in [0.25, 0.3) is 0 Å². The Morgan fingerprint density at radius 3 is 1.31 bits per heavy atom. The van der Waals surface area contributed by atoms with Gasteiger partial charge in [-0.15, -0.1) is 0 Å². The molecule has 8 aromatic heterocycles. The van der Waals surface area contributed by atoms with Gasteiger partial charge in [-0.3, -0.25) is 9.97 Å². The Hall–Kier alpha value is -8.16. The smallest absolute Gasteiger partial charge is 0.139 e. The average molecular weight is 1010 g/mol. The fourth-order valence-electron chi connectivity index (χ4n) is 20.2. The van der Waals surface area contributed by atoms with Crippen molar-refractivity contribution in [2.75, 3.05) is 0 Å². The third-order valence-corrected chi connectivity index (χ3v) is 22.6. The number of benzene rings is 7. The molecule has 372 valence electrons. The van der Waals surface area contributed by atoms with Crippen molar-refractivity contribution >= 4 is 126 Å². The minimum Gasteiger partial charge on any atom is -0.456 e. The first-order chi connectivity index (χ1) is 38.6. The van der Waals surface area contributed by atoms with Gasteiger partial charge in [0.15, 0.2) is 0 Å². The lowest BCUT2D eigenvalue weighted by Crippen LogP contribution is -2.41. The number of nitrogens with zero attached hydrogens (tertiary/aromatic N) is 3. The Morgan fingerprint density at radius 1 is 0.385 bits per heavy atom. The lowest BCUT2D eigenvalue weighted by atomic mass is 9.56. The summed E-state index contributed by atoms with van der Waals surface area (Å²) in [4.78, 5) is 11.6. The molecular formula is C71H49N3O4. The van der Waals surface area contributed by atoms with Gasteiger partial charge in [0, 0.05) is 111 Å². The predicted molar refractivity (Wildman–Crippen MR) is 310 cm³/mol. The van der Waals surface area contributed by atoms with Crippen LogP contribution in [-0.2, 0) is 0 Å². The molecule has 0 N–H and O–H groups in total. The maximum Gasteiger partial charge on any atom is 0.139 e. The number of hydrogen-bond donors (Lipinski definition) is 0. The zero-order chi connectivity index (χ0) is 49.8. The summed E-state index contributed by atoms with van der Waals surface area (Å²) in [5, 5.41) is 14.4.